The van der Waals surface area contributed by atoms with Crippen LogP contribution in [0.2, 0.25) is 5.02 Å². The topological polar surface area (TPSA) is 38.3 Å². The van der Waals surface area contributed by atoms with Gasteiger partial charge in [-0.15, -0.1) is 0 Å². The number of carbonyl (C=O) groups excluding carboxylic acids is 1. The molecule has 2 aromatic carbocycles. The fourth-order valence-corrected chi connectivity index (χ4v) is 3.76. The van der Waals surface area contributed by atoms with Gasteiger partial charge in [-0.05, 0) is 35.6 Å². The smallest absolute Gasteiger partial charge is 0.305 e. The molecule has 0 unspecified atom stereocenters. The van der Waals surface area contributed by atoms with Crippen molar-refractivity contribution in [1.82, 2.24) is 5.32 Å². The van der Waals surface area contributed by atoms with Gasteiger partial charge in [-0.2, -0.15) is 0 Å². The van der Waals surface area contributed by atoms with Crippen molar-refractivity contribution in [2.75, 3.05) is 13.2 Å². The molecule has 0 radical (unpaired) electrons. The van der Waals surface area contributed by atoms with Gasteiger partial charge in [0.25, 0.3) is 0 Å². The molecule has 2 aliphatic rings. The number of ether oxygens (including phenoxy) is 1. The molecule has 2 fully saturated rings. The predicted molar refractivity (Wildman–Crippen MR) is 94.3 cm³/mol. The Labute approximate surface area is 155 Å². The molecule has 3 atom stereocenters. The van der Waals surface area contributed by atoms with Crippen LogP contribution in [0.4, 0.5) is 8.78 Å². The standard InChI is InChI=1S/C20H18ClF2NO2/c21-15-8-4-7-14(9-15)19(20(22,23)12-26-19)11-24-18(25)17-10-16(17)13-5-2-1-3-6-13/h1-9,16-17H,10-12H2,(H,24,25)/t16-,17+,19-/m1/s1. The number of alkyl halides is 2. The summed E-state index contributed by atoms with van der Waals surface area (Å²) in [6.45, 7) is -0.942. The lowest BCUT2D eigenvalue weighted by atomic mass is 9.82. The second-order valence-electron chi connectivity index (χ2n) is 6.91. The summed E-state index contributed by atoms with van der Waals surface area (Å²) >= 11 is 5.95. The molecule has 1 aliphatic heterocycles. The predicted octanol–water partition coefficient (Wildman–Crippen LogP) is 4.12. The molecule has 1 saturated heterocycles. The molecule has 0 spiro atoms. The molecule has 1 saturated carbocycles. The van der Waals surface area contributed by atoms with Gasteiger partial charge in [0.05, 0.1) is 6.54 Å². The third kappa shape index (κ3) is 2.89. The minimum atomic E-state index is -3.06. The second kappa shape index (κ2) is 6.32. The molecule has 2 aromatic rings. The van der Waals surface area contributed by atoms with Gasteiger partial charge in [0.15, 0.2) is 5.60 Å². The Morgan fingerprint density at radius 2 is 1.96 bits per heavy atom. The van der Waals surface area contributed by atoms with Gasteiger partial charge in [0.2, 0.25) is 5.91 Å². The first-order valence-corrected chi connectivity index (χ1v) is 8.91. The van der Waals surface area contributed by atoms with Crippen LogP contribution in [-0.4, -0.2) is 25.0 Å². The first kappa shape index (κ1) is 17.4. The summed E-state index contributed by atoms with van der Waals surface area (Å²) < 4.78 is 34.0. The molecule has 3 nitrogen and oxygen atoms in total. The number of carbonyl (C=O) groups is 1. The van der Waals surface area contributed by atoms with E-state index in [1.165, 1.54) is 6.07 Å². The quantitative estimate of drug-likeness (QED) is 0.851. The monoisotopic (exact) mass is 377 g/mol. The van der Waals surface area contributed by atoms with Gasteiger partial charge < -0.3 is 10.1 Å². The average Bonchev–Trinajstić information content (AvgIpc) is 3.43. The maximum Gasteiger partial charge on any atom is 0.305 e. The lowest BCUT2D eigenvalue weighted by Crippen LogP contribution is -2.65. The number of amides is 1. The van der Waals surface area contributed by atoms with E-state index in [9.17, 15) is 13.6 Å². The molecule has 0 bridgehead atoms. The van der Waals surface area contributed by atoms with E-state index in [4.69, 9.17) is 16.3 Å². The molecule has 6 heteroatoms. The molecule has 1 amide bonds. The number of rotatable bonds is 5. The van der Waals surface area contributed by atoms with E-state index in [2.05, 4.69) is 5.32 Å². The van der Waals surface area contributed by atoms with E-state index < -0.39 is 18.1 Å². The van der Waals surface area contributed by atoms with Crippen molar-refractivity contribution >= 4 is 17.5 Å². The maximum absolute atomic E-state index is 14.4. The highest BCUT2D eigenvalue weighted by Gasteiger charge is 2.65. The Morgan fingerprint density at radius 3 is 2.58 bits per heavy atom. The highest BCUT2D eigenvalue weighted by atomic mass is 35.5. The molecule has 4 rings (SSSR count). The minimum absolute atomic E-state index is 0.154. The van der Waals surface area contributed by atoms with Crippen LogP contribution in [0.5, 0.6) is 0 Å². The van der Waals surface area contributed by atoms with Crippen LogP contribution < -0.4 is 5.32 Å². The SMILES string of the molecule is O=C(NC[C@]1(c2cccc(Cl)c2)OCC1(F)F)[C@H]1C[C@@H]1c1ccccc1. The zero-order valence-electron chi connectivity index (χ0n) is 13.9. The van der Waals surface area contributed by atoms with E-state index in [-0.39, 0.29) is 29.9 Å². The number of nitrogens with one attached hydrogen (secondary N) is 1. The van der Waals surface area contributed by atoms with Crippen molar-refractivity contribution in [3.8, 4) is 0 Å². The third-order valence-corrected chi connectivity index (χ3v) is 5.48. The Balaban J connectivity index is 1.46. The minimum Gasteiger partial charge on any atom is -0.356 e. The Hall–Kier alpha value is -1.98. The van der Waals surface area contributed by atoms with Crippen LogP contribution in [0.1, 0.15) is 23.5 Å². The molecule has 1 aliphatic carbocycles. The van der Waals surface area contributed by atoms with Gasteiger partial charge in [-0.25, -0.2) is 8.78 Å². The van der Waals surface area contributed by atoms with Crippen LogP contribution in [0.25, 0.3) is 0 Å². The lowest BCUT2D eigenvalue weighted by molar-refractivity contribution is -0.334. The Kier molecular flexibility index (Phi) is 4.24. The first-order chi connectivity index (χ1) is 12.4. The molecule has 1 N–H and O–H groups in total. The Bertz CT molecular complexity index is 830. The summed E-state index contributed by atoms with van der Waals surface area (Å²) in [4.78, 5) is 12.4. The van der Waals surface area contributed by atoms with Crippen molar-refractivity contribution in [1.29, 1.82) is 0 Å². The third-order valence-electron chi connectivity index (χ3n) is 5.25. The summed E-state index contributed by atoms with van der Waals surface area (Å²) in [5.74, 6) is -3.30. The summed E-state index contributed by atoms with van der Waals surface area (Å²) in [7, 11) is 0. The summed E-state index contributed by atoms with van der Waals surface area (Å²) in [5, 5.41) is 3.03. The summed E-state index contributed by atoms with van der Waals surface area (Å²) in [5.41, 5.74) is -0.482. The van der Waals surface area contributed by atoms with Crippen molar-refractivity contribution in [3.05, 3.63) is 70.7 Å². The van der Waals surface area contributed by atoms with Crippen LogP contribution in [0.15, 0.2) is 54.6 Å². The van der Waals surface area contributed by atoms with E-state index >= 15 is 0 Å². The summed E-state index contributed by atoms with van der Waals surface area (Å²) in [6.07, 6.45) is 0.733. The van der Waals surface area contributed by atoms with Gasteiger partial charge in [-0.3, -0.25) is 4.79 Å². The maximum atomic E-state index is 14.4. The van der Waals surface area contributed by atoms with Gasteiger partial charge in [0, 0.05) is 10.9 Å². The molecule has 26 heavy (non-hydrogen) atoms. The van der Waals surface area contributed by atoms with Crippen molar-refractivity contribution in [3.63, 3.8) is 0 Å². The van der Waals surface area contributed by atoms with Crippen LogP contribution in [-0.2, 0) is 15.1 Å². The Morgan fingerprint density at radius 1 is 1.19 bits per heavy atom. The normalized spacial score (nSPS) is 28.9. The van der Waals surface area contributed by atoms with Gasteiger partial charge >= 0.3 is 5.92 Å². The molecule has 0 aromatic heterocycles. The number of halogens is 3. The van der Waals surface area contributed by atoms with E-state index in [1.54, 1.807) is 18.2 Å². The largest absolute Gasteiger partial charge is 0.356 e. The average molecular weight is 378 g/mol. The zero-order chi connectivity index (χ0) is 18.4. The zero-order valence-corrected chi connectivity index (χ0v) is 14.7. The van der Waals surface area contributed by atoms with Gasteiger partial charge in [-0.1, -0.05) is 54.1 Å². The van der Waals surface area contributed by atoms with Crippen molar-refractivity contribution < 1.29 is 18.3 Å². The van der Waals surface area contributed by atoms with Gasteiger partial charge in [0.1, 0.15) is 6.61 Å². The molecular weight excluding hydrogens is 360 g/mol. The molecular formula is C20H18ClF2NO2. The fraction of sp³-hybridized carbons (Fsp3) is 0.350. The van der Waals surface area contributed by atoms with Crippen LogP contribution in [0.3, 0.4) is 0 Å². The molecule has 136 valence electrons. The second-order valence-corrected chi connectivity index (χ2v) is 7.34. The summed E-state index contributed by atoms with van der Waals surface area (Å²) in [6, 6.07) is 16.0. The van der Waals surface area contributed by atoms with Crippen LogP contribution >= 0.6 is 11.6 Å². The first-order valence-electron chi connectivity index (χ1n) is 8.53. The number of hydrogen-bond donors (Lipinski definition) is 1. The fourth-order valence-electron chi connectivity index (χ4n) is 3.57. The van der Waals surface area contributed by atoms with E-state index in [0.717, 1.165) is 12.0 Å². The highest BCUT2D eigenvalue weighted by molar-refractivity contribution is 6.30. The molecule has 1 heterocycles. The van der Waals surface area contributed by atoms with Crippen LogP contribution in [0, 0.1) is 5.92 Å². The van der Waals surface area contributed by atoms with E-state index in [0.29, 0.717) is 5.02 Å². The van der Waals surface area contributed by atoms with Crippen molar-refractivity contribution in [2.24, 2.45) is 5.92 Å². The van der Waals surface area contributed by atoms with Crippen molar-refractivity contribution in [2.45, 2.75) is 23.9 Å². The highest BCUT2D eigenvalue weighted by Crippen LogP contribution is 2.50. The number of hydrogen-bond acceptors (Lipinski definition) is 2. The lowest BCUT2D eigenvalue weighted by Gasteiger charge is -2.49. The van der Waals surface area contributed by atoms with E-state index in [1.807, 2.05) is 30.3 Å². The number of benzene rings is 2.